The molecule has 0 aliphatic carbocycles. The molecule has 2 amide bonds. The Morgan fingerprint density at radius 1 is 1.14 bits per heavy atom. The number of rotatable bonds is 7. The monoisotopic (exact) mass is 385 g/mol. The third kappa shape index (κ3) is 6.44. The molecule has 0 saturated heterocycles. The van der Waals surface area contributed by atoms with Crippen molar-refractivity contribution in [2.24, 2.45) is 7.05 Å². The maximum absolute atomic E-state index is 12.5. The van der Waals surface area contributed by atoms with E-state index in [2.05, 4.69) is 5.32 Å². The molecule has 0 unspecified atom stereocenters. The Kier molecular flexibility index (Phi) is 7.26. The van der Waals surface area contributed by atoms with E-state index in [1.807, 2.05) is 70.4 Å². The summed E-state index contributed by atoms with van der Waals surface area (Å²) in [6.07, 6.45) is 2.79. The van der Waals surface area contributed by atoms with Gasteiger partial charge in [-0.3, -0.25) is 4.79 Å². The number of benzene rings is 1. The van der Waals surface area contributed by atoms with Crippen LogP contribution in [0.4, 0.5) is 4.79 Å². The summed E-state index contributed by atoms with van der Waals surface area (Å²) >= 11 is 0. The van der Waals surface area contributed by atoms with Gasteiger partial charge in [-0.15, -0.1) is 0 Å². The molecule has 2 rings (SSSR count). The molecule has 0 aliphatic heterocycles. The number of carbonyl (C=O) groups excluding carboxylic acids is 2. The van der Waals surface area contributed by atoms with Crippen LogP contribution in [0.5, 0.6) is 0 Å². The van der Waals surface area contributed by atoms with Gasteiger partial charge in [-0.1, -0.05) is 30.3 Å². The van der Waals surface area contributed by atoms with E-state index < -0.39 is 5.60 Å². The molecule has 0 spiro atoms. The molecule has 0 saturated carbocycles. The van der Waals surface area contributed by atoms with E-state index in [1.165, 1.54) is 0 Å². The Morgan fingerprint density at radius 3 is 2.39 bits per heavy atom. The Hall–Kier alpha value is -2.76. The number of aryl methyl sites for hydroxylation is 1. The van der Waals surface area contributed by atoms with E-state index in [1.54, 1.807) is 22.6 Å². The number of nitrogens with one attached hydrogen (secondary N) is 1. The molecular weight excluding hydrogens is 354 g/mol. The number of hydrogen-bond donors (Lipinski definition) is 1. The highest BCUT2D eigenvalue weighted by Gasteiger charge is 2.25. The molecular formula is C22H31N3O3. The van der Waals surface area contributed by atoms with E-state index in [9.17, 15) is 9.59 Å². The van der Waals surface area contributed by atoms with Gasteiger partial charge in [0.25, 0.3) is 5.91 Å². The molecule has 1 aromatic carbocycles. The minimum atomic E-state index is -0.552. The van der Waals surface area contributed by atoms with Crippen LogP contribution in [0.25, 0.3) is 0 Å². The first-order chi connectivity index (χ1) is 13.2. The van der Waals surface area contributed by atoms with Crippen molar-refractivity contribution < 1.29 is 14.3 Å². The molecule has 1 aromatic heterocycles. The van der Waals surface area contributed by atoms with Crippen LogP contribution in [0.15, 0.2) is 48.7 Å². The van der Waals surface area contributed by atoms with Crippen molar-refractivity contribution in [2.75, 3.05) is 13.6 Å². The zero-order valence-electron chi connectivity index (χ0n) is 17.4. The first-order valence-electron chi connectivity index (χ1n) is 9.56. The second-order valence-corrected chi connectivity index (χ2v) is 7.98. The number of likely N-dealkylation sites (N-methyl/N-ethyl adjacent to an activating group) is 1. The predicted octanol–water partition coefficient (Wildman–Crippen LogP) is 3.62. The molecule has 1 N–H and O–H groups in total. The van der Waals surface area contributed by atoms with Crippen LogP contribution in [0.2, 0.25) is 0 Å². The first-order valence-corrected chi connectivity index (χ1v) is 9.56. The number of amides is 2. The van der Waals surface area contributed by atoms with Crippen LogP contribution in [-0.4, -0.2) is 46.7 Å². The van der Waals surface area contributed by atoms with Crippen LogP contribution in [0.1, 0.15) is 43.2 Å². The standard InChI is InChI=1S/C22H31N3O3/c1-22(2,3)28-21(27)25(5)18(16-17-10-7-6-8-11-17)13-14-23-20(26)19-12-9-15-24(19)4/h6-12,15,18H,13-14,16H2,1-5H3,(H,23,26)/t18-/m0/s1. The lowest BCUT2D eigenvalue weighted by molar-refractivity contribution is 0.0215. The topological polar surface area (TPSA) is 63.6 Å². The maximum Gasteiger partial charge on any atom is 0.410 e. The molecule has 0 aliphatic rings. The fourth-order valence-electron chi connectivity index (χ4n) is 2.94. The van der Waals surface area contributed by atoms with Gasteiger partial charge < -0.3 is 19.5 Å². The smallest absolute Gasteiger partial charge is 0.410 e. The predicted molar refractivity (Wildman–Crippen MR) is 110 cm³/mol. The van der Waals surface area contributed by atoms with Gasteiger partial charge in [-0.2, -0.15) is 0 Å². The van der Waals surface area contributed by atoms with Gasteiger partial charge in [0.05, 0.1) is 0 Å². The average molecular weight is 386 g/mol. The summed E-state index contributed by atoms with van der Waals surface area (Å²) in [4.78, 5) is 26.5. The summed E-state index contributed by atoms with van der Waals surface area (Å²) in [5, 5.41) is 2.95. The van der Waals surface area contributed by atoms with Crippen molar-refractivity contribution in [3.05, 3.63) is 59.9 Å². The lowest BCUT2D eigenvalue weighted by atomic mass is 10.0. The molecule has 28 heavy (non-hydrogen) atoms. The van der Waals surface area contributed by atoms with E-state index >= 15 is 0 Å². The highest BCUT2D eigenvalue weighted by Crippen LogP contribution is 2.15. The van der Waals surface area contributed by atoms with Crippen LogP contribution in [0, 0.1) is 0 Å². The van der Waals surface area contributed by atoms with Crippen LogP contribution >= 0.6 is 0 Å². The van der Waals surface area contributed by atoms with Crippen LogP contribution in [-0.2, 0) is 18.2 Å². The summed E-state index contributed by atoms with van der Waals surface area (Å²) in [6.45, 7) is 6.02. The molecule has 1 heterocycles. The van der Waals surface area contributed by atoms with Gasteiger partial charge in [0.1, 0.15) is 11.3 Å². The fourth-order valence-corrected chi connectivity index (χ4v) is 2.94. The second kappa shape index (κ2) is 9.44. The summed E-state index contributed by atoms with van der Waals surface area (Å²) in [6, 6.07) is 13.5. The molecule has 6 heteroatoms. The molecule has 2 aromatic rings. The normalized spacial score (nSPS) is 12.3. The summed E-state index contributed by atoms with van der Waals surface area (Å²) < 4.78 is 7.30. The van der Waals surface area contributed by atoms with Crippen molar-refractivity contribution >= 4 is 12.0 Å². The summed E-state index contributed by atoms with van der Waals surface area (Å²) in [7, 11) is 3.59. The number of aromatic nitrogens is 1. The largest absolute Gasteiger partial charge is 0.444 e. The Balaban J connectivity index is 2.02. The number of nitrogens with zero attached hydrogens (tertiary/aromatic N) is 2. The van der Waals surface area contributed by atoms with Gasteiger partial charge in [-0.05, 0) is 51.3 Å². The average Bonchev–Trinajstić information content (AvgIpc) is 3.05. The molecule has 0 radical (unpaired) electrons. The number of ether oxygens (including phenoxy) is 1. The van der Waals surface area contributed by atoms with E-state index in [-0.39, 0.29) is 18.0 Å². The maximum atomic E-state index is 12.5. The third-order valence-electron chi connectivity index (χ3n) is 4.48. The highest BCUT2D eigenvalue weighted by atomic mass is 16.6. The molecule has 1 atom stereocenters. The van der Waals surface area contributed by atoms with Gasteiger partial charge in [0.2, 0.25) is 0 Å². The van der Waals surface area contributed by atoms with E-state index in [0.29, 0.717) is 25.1 Å². The lowest BCUT2D eigenvalue weighted by Crippen LogP contribution is -2.43. The minimum absolute atomic E-state index is 0.0917. The van der Waals surface area contributed by atoms with Gasteiger partial charge in [-0.25, -0.2) is 4.79 Å². The van der Waals surface area contributed by atoms with E-state index in [4.69, 9.17) is 4.74 Å². The van der Waals surface area contributed by atoms with Crippen molar-refractivity contribution in [1.82, 2.24) is 14.8 Å². The quantitative estimate of drug-likeness (QED) is 0.792. The number of hydrogen-bond acceptors (Lipinski definition) is 3. The van der Waals surface area contributed by atoms with Crippen molar-refractivity contribution in [3.63, 3.8) is 0 Å². The Morgan fingerprint density at radius 2 is 1.82 bits per heavy atom. The third-order valence-corrected chi connectivity index (χ3v) is 4.48. The Labute approximate surface area is 167 Å². The molecule has 152 valence electrons. The zero-order valence-corrected chi connectivity index (χ0v) is 17.4. The fraction of sp³-hybridized carbons (Fsp3) is 0.455. The molecule has 6 nitrogen and oxygen atoms in total. The van der Waals surface area contributed by atoms with Gasteiger partial charge in [0, 0.05) is 32.9 Å². The highest BCUT2D eigenvalue weighted by molar-refractivity contribution is 5.92. The number of carbonyl (C=O) groups is 2. The Bertz CT molecular complexity index is 778. The van der Waals surface area contributed by atoms with Crippen molar-refractivity contribution in [1.29, 1.82) is 0 Å². The lowest BCUT2D eigenvalue weighted by Gasteiger charge is -2.31. The zero-order chi connectivity index (χ0) is 20.7. The van der Waals surface area contributed by atoms with Crippen molar-refractivity contribution in [2.45, 2.75) is 45.3 Å². The van der Waals surface area contributed by atoms with Gasteiger partial charge >= 0.3 is 6.09 Å². The first kappa shape index (κ1) is 21.5. The summed E-state index contributed by atoms with van der Waals surface area (Å²) in [5.74, 6) is -0.120. The molecule has 0 fully saturated rings. The van der Waals surface area contributed by atoms with E-state index in [0.717, 1.165) is 5.56 Å². The SMILES string of the molecule is CN(C(=O)OC(C)(C)C)[C@@H](CCNC(=O)c1cccn1C)Cc1ccccc1. The van der Waals surface area contributed by atoms with Gasteiger partial charge in [0.15, 0.2) is 0 Å². The minimum Gasteiger partial charge on any atom is -0.444 e. The van der Waals surface area contributed by atoms with Crippen molar-refractivity contribution in [3.8, 4) is 0 Å². The summed E-state index contributed by atoms with van der Waals surface area (Å²) in [5.41, 5.74) is 1.19. The molecule has 0 bridgehead atoms. The van der Waals surface area contributed by atoms with Crippen LogP contribution < -0.4 is 5.32 Å². The second-order valence-electron chi connectivity index (χ2n) is 7.98. The van der Waals surface area contributed by atoms with Crippen LogP contribution in [0.3, 0.4) is 0 Å².